The van der Waals surface area contributed by atoms with Crippen LogP contribution in [0.15, 0.2) is 36.8 Å². The first-order chi connectivity index (χ1) is 9.74. The van der Waals surface area contributed by atoms with Crippen LogP contribution >= 0.6 is 0 Å². The highest BCUT2D eigenvalue weighted by molar-refractivity contribution is 5.95. The Bertz CT molecular complexity index is 594. The normalized spacial score (nSPS) is 18.8. The van der Waals surface area contributed by atoms with E-state index in [0.29, 0.717) is 5.92 Å². The van der Waals surface area contributed by atoms with Crippen LogP contribution < -0.4 is 0 Å². The van der Waals surface area contributed by atoms with E-state index in [1.807, 2.05) is 36.1 Å². The molecule has 3 heterocycles. The van der Waals surface area contributed by atoms with Crippen LogP contribution in [0.3, 0.4) is 0 Å². The fourth-order valence-electron chi connectivity index (χ4n) is 2.75. The minimum Gasteiger partial charge on any atom is -0.341 e. The monoisotopic (exact) mass is 270 g/mol. The maximum atomic E-state index is 12.3. The molecule has 2 aromatic rings. The van der Waals surface area contributed by atoms with E-state index in [-0.39, 0.29) is 5.91 Å². The van der Waals surface area contributed by atoms with Crippen molar-refractivity contribution in [3.63, 3.8) is 0 Å². The highest BCUT2D eigenvalue weighted by Gasteiger charge is 2.25. The van der Waals surface area contributed by atoms with E-state index in [4.69, 9.17) is 0 Å². The SMILES string of the molecule is CN1CC(CCn2cccn2)Cc2ncccc2C1=O. The third-order valence-corrected chi connectivity index (χ3v) is 3.81. The second-order valence-corrected chi connectivity index (χ2v) is 5.31. The number of hydrogen-bond donors (Lipinski definition) is 0. The van der Waals surface area contributed by atoms with Gasteiger partial charge in [0.2, 0.25) is 0 Å². The van der Waals surface area contributed by atoms with E-state index < -0.39 is 0 Å². The van der Waals surface area contributed by atoms with Gasteiger partial charge in [-0.05, 0) is 37.0 Å². The molecule has 1 aliphatic heterocycles. The van der Waals surface area contributed by atoms with Gasteiger partial charge in [-0.15, -0.1) is 0 Å². The molecule has 0 aromatic carbocycles. The summed E-state index contributed by atoms with van der Waals surface area (Å²) in [5.74, 6) is 0.499. The Labute approximate surface area is 118 Å². The Balaban J connectivity index is 1.76. The number of hydrogen-bond acceptors (Lipinski definition) is 3. The molecule has 0 radical (unpaired) electrons. The Hall–Kier alpha value is -2.17. The zero-order valence-electron chi connectivity index (χ0n) is 11.6. The molecule has 104 valence electrons. The zero-order valence-corrected chi connectivity index (χ0v) is 11.6. The zero-order chi connectivity index (χ0) is 13.9. The Morgan fingerprint density at radius 1 is 1.35 bits per heavy atom. The molecule has 0 saturated heterocycles. The molecular formula is C15H18N4O. The molecule has 0 bridgehead atoms. The molecule has 0 aliphatic carbocycles. The van der Waals surface area contributed by atoms with Crippen molar-refractivity contribution < 1.29 is 4.79 Å². The van der Waals surface area contributed by atoms with Gasteiger partial charge in [-0.25, -0.2) is 0 Å². The molecule has 0 spiro atoms. The van der Waals surface area contributed by atoms with Crippen molar-refractivity contribution in [3.05, 3.63) is 48.0 Å². The van der Waals surface area contributed by atoms with Gasteiger partial charge in [0.25, 0.3) is 5.91 Å². The van der Waals surface area contributed by atoms with Crippen LogP contribution in [0.2, 0.25) is 0 Å². The summed E-state index contributed by atoms with van der Waals surface area (Å²) < 4.78 is 1.94. The number of aromatic nitrogens is 3. The van der Waals surface area contributed by atoms with Crippen LogP contribution in [0.5, 0.6) is 0 Å². The molecule has 0 N–H and O–H groups in total. The van der Waals surface area contributed by atoms with Crippen molar-refractivity contribution in [3.8, 4) is 0 Å². The summed E-state index contributed by atoms with van der Waals surface area (Å²) in [5, 5.41) is 4.22. The van der Waals surface area contributed by atoms with Crippen molar-refractivity contribution in [1.29, 1.82) is 0 Å². The lowest BCUT2D eigenvalue weighted by atomic mass is 9.98. The Morgan fingerprint density at radius 2 is 2.25 bits per heavy atom. The highest BCUT2D eigenvalue weighted by atomic mass is 16.2. The first kappa shape index (κ1) is 12.8. The van der Waals surface area contributed by atoms with Gasteiger partial charge in [0, 0.05) is 38.7 Å². The predicted octanol–water partition coefficient (Wildman–Crippen LogP) is 1.61. The van der Waals surface area contributed by atoms with E-state index in [9.17, 15) is 4.79 Å². The lowest BCUT2D eigenvalue weighted by molar-refractivity contribution is 0.0779. The van der Waals surface area contributed by atoms with Crippen LogP contribution in [-0.2, 0) is 13.0 Å². The Morgan fingerprint density at radius 3 is 3.05 bits per heavy atom. The van der Waals surface area contributed by atoms with Gasteiger partial charge >= 0.3 is 0 Å². The molecule has 2 aromatic heterocycles. The summed E-state index contributed by atoms with van der Waals surface area (Å²) in [4.78, 5) is 18.5. The molecule has 1 amide bonds. The van der Waals surface area contributed by atoms with Crippen molar-refractivity contribution in [2.75, 3.05) is 13.6 Å². The van der Waals surface area contributed by atoms with Crippen molar-refractivity contribution in [2.24, 2.45) is 5.92 Å². The summed E-state index contributed by atoms with van der Waals surface area (Å²) in [7, 11) is 1.87. The molecule has 1 unspecified atom stereocenters. The summed E-state index contributed by atoms with van der Waals surface area (Å²) in [6.45, 7) is 1.65. The van der Waals surface area contributed by atoms with Gasteiger partial charge < -0.3 is 4.90 Å². The average molecular weight is 270 g/mol. The average Bonchev–Trinajstić information content (AvgIpc) is 2.94. The topological polar surface area (TPSA) is 51.0 Å². The van der Waals surface area contributed by atoms with Crippen molar-refractivity contribution in [2.45, 2.75) is 19.4 Å². The van der Waals surface area contributed by atoms with Gasteiger partial charge in [0.15, 0.2) is 0 Å². The van der Waals surface area contributed by atoms with Crippen LogP contribution in [-0.4, -0.2) is 39.2 Å². The summed E-state index contributed by atoms with van der Waals surface area (Å²) >= 11 is 0. The lowest BCUT2D eigenvalue weighted by Crippen LogP contribution is -2.30. The highest BCUT2D eigenvalue weighted by Crippen LogP contribution is 2.21. The third-order valence-electron chi connectivity index (χ3n) is 3.81. The Kier molecular flexibility index (Phi) is 3.50. The van der Waals surface area contributed by atoms with E-state index >= 15 is 0 Å². The summed E-state index contributed by atoms with van der Waals surface area (Å²) in [6, 6.07) is 5.63. The van der Waals surface area contributed by atoms with Gasteiger partial charge in [-0.1, -0.05) is 0 Å². The predicted molar refractivity (Wildman–Crippen MR) is 75.2 cm³/mol. The number of rotatable bonds is 3. The number of carbonyl (C=O) groups excluding carboxylic acids is 1. The lowest BCUT2D eigenvalue weighted by Gasteiger charge is -2.20. The third kappa shape index (κ3) is 2.57. The second-order valence-electron chi connectivity index (χ2n) is 5.31. The molecule has 3 rings (SSSR count). The maximum Gasteiger partial charge on any atom is 0.255 e. The summed E-state index contributed by atoms with van der Waals surface area (Å²) in [5.41, 5.74) is 1.67. The summed E-state index contributed by atoms with van der Waals surface area (Å²) in [6.07, 6.45) is 7.38. The fourth-order valence-corrected chi connectivity index (χ4v) is 2.75. The smallest absolute Gasteiger partial charge is 0.255 e. The number of carbonyl (C=O) groups is 1. The fraction of sp³-hybridized carbons (Fsp3) is 0.400. The first-order valence-corrected chi connectivity index (χ1v) is 6.91. The molecule has 1 atom stereocenters. The maximum absolute atomic E-state index is 12.3. The van der Waals surface area contributed by atoms with E-state index in [1.54, 1.807) is 17.3 Å². The number of amides is 1. The molecule has 0 fully saturated rings. The second kappa shape index (κ2) is 5.45. The van der Waals surface area contributed by atoms with Gasteiger partial charge in [-0.2, -0.15) is 5.10 Å². The molecular weight excluding hydrogens is 252 g/mol. The van der Waals surface area contributed by atoms with Gasteiger partial charge in [0.1, 0.15) is 0 Å². The van der Waals surface area contributed by atoms with Crippen LogP contribution in [0.25, 0.3) is 0 Å². The minimum atomic E-state index is 0.0784. The number of pyridine rings is 1. The standard InChI is InChI=1S/C15H18N4O/c1-18-11-12(5-9-19-8-3-7-17-19)10-14-13(15(18)20)4-2-6-16-14/h2-4,6-8,12H,5,9-11H2,1H3. The molecule has 20 heavy (non-hydrogen) atoms. The number of nitrogens with zero attached hydrogens (tertiary/aromatic N) is 4. The van der Waals surface area contributed by atoms with Gasteiger partial charge in [0.05, 0.1) is 11.3 Å². The number of fused-ring (bicyclic) bond motifs is 1. The van der Waals surface area contributed by atoms with Crippen LogP contribution in [0, 0.1) is 5.92 Å². The molecule has 5 heteroatoms. The van der Waals surface area contributed by atoms with Crippen LogP contribution in [0.4, 0.5) is 0 Å². The van der Waals surface area contributed by atoms with E-state index in [2.05, 4.69) is 10.1 Å². The van der Waals surface area contributed by atoms with E-state index in [1.165, 1.54) is 0 Å². The minimum absolute atomic E-state index is 0.0784. The largest absolute Gasteiger partial charge is 0.341 e. The first-order valence-electron chi connectivity index (χ1n) is 6.91. The molecule has 0 saturated carbocycles. The number of aryl methyl sites for hydroxylation is 1. The quantitative estimate of drug-likeness (QED) is 0.851. The van der Waals surface area contributed by atoms with E-state index in [0.717, 1.165) is 37.2 Å². The van der Waals surface area contributed by atoms with Crippen molar-refractivity contribution >= 4 is 5.91 Å². The van der Waals surface area contributed by atoms with Gasteiger partial charge in [-0.3, -0.25) is 14.5 Å². The molecule has 1 aliphatic rings. The van der Waals surface area contributed by atoms with Crippen molar-refractivity contribution in [1.82, 2.24) is 19.7 Å². The molecule has 5 nitrogen and oxygen atoms in total. The van der Waals surface area contributed by atoms with Crippen LogP contribution in [0.1, 0.15) is 22.5 Å².